The molecule has 2 amide bonds. The van der Waals surface area contributed by atoms with Crippen LogP contribution in [-0.4, -0.2) is 49.9 Å². The van der Waals surface area contributed by atoms with E-state index in [1.54, 1.807) is 30.5 Å². The lowest BCUT2D eigenvalue weighted by Gasteiger charge is -2.45. The van der Waals surface area contributed by atoms with Gasteiger partial charge in [-0.05, 0) is 60.7 Å². The number of nitrogens with zero attached hydrogens (tertiary/aromatic N) is 5. The van der Waals surface area contributed by atoms with Crippen LogP contribution in [-0.2, 0) is 9.59 Å². The van der Waals surface area contributed by atoms with E-state index in [0.29, 0.717) is 29.1 Å². The van der Waals surface area contributed by atoms with Gasteiger partial charge >= 0.3 is 0 Å². The van der Waals surface area contributed by atoms with E-state index in [1.807, 2.05) is 6.07 Å². The molecule has 1 aliphatic heterocycles. The molecule has 156 valence electrons. The molecule has 0 spiro atoms. The molecule has 0 aliphatic carbocycles. The maximum atomic E-state index is 14.8. The summed E-state index contributed by atoms with van der Waals surface area (Å²) in [5.41, 5.74) is 7.15. The standard InChI is InChI=1S/C20H20FIN6O2/c1-11(29)27-7-6-26(19(30)20(27,2)3)16-8-12(4-5-13(16)21)15-9-14(22)17-18(23)24-10-25-28(15)17/h4-5,8-10H,6-7H2,1-3H3,(H2,23,24,25). The number of carbonyl (C=O) groups excluding carboxylic acids is 2. The number of anilines is 2. The van der Waals surface area contributed by atoms with Gasteiger partial charge in [0.25, 0.3) is 5.91 Å². The molecule has 3 heterocycles. The summed E-state index contributed by atoms with van der Waals surface area (Å²) in [4.78, 5) is 32.0. The highest BCUT2D eigenvalue weighted by molar-refractivity contribution is 14.1. The van der Waals surface area contributed by atoms with Gasteiger partial charge in [-0.1, -0.05) is 0 Å². The molecule has 4 rings (SSSR count). The van der Waals surface area contributed by atoms with Crippen LogP contribution in [0.4, 0.5) is 15.9 Å². The van der Waals surface area contributed by atoms with E-state index in [9.17, 15) is 14.0 Å². The van der Waals surface area contributed by atoms with Crippen molar-refractivity contribution in [1.82, 2.24) is 19.5 Å². The highest BCUT2D eigenvalue weighted by atomic mass is 127. The molecule has 2 aromatic heterocycles. The molecule has 0 unspecified atom stereocenters. The number of halogens is 2. The molecule has 1 fully saturated rings. The normalized spacial score (nSPS) is 16.4. The molecule has 0 saturated carbocycles. The second-order valence-corrected chi connectivity index (χ2v) is 8.80. The minimum absolute atomic E-state index is 0.167. The number of fused-ring (bicyclic) bond motifs is 1. The first kappa shape index (κ1) is 20.5. The molecule has 8 nitrogen and oxygen atoms in total. The number of benzene rings is 1. The van der Waals surface area contributed by atoms with E-state index in [4.69, 9.17) is 5.73 Å². The van der Waals surface area contributed by atoms with Crippen molar-refractivity contribution in [1.29, 1.82) is 0 Å². The van der Waals surface area contributed by atoms with Gasteiger partial charge in [-0.2, -0.15) is 5.10 Å². The van der Waals surface area contributed by atoms with Crippen molar-refractivity contribution in [3.05, 3.63) is 40.0 Å². The number of nitrogens with two attached hydrogens (primary N) is 1. The average Bonchev–Trinajstić information content (AvgIpc) is 3.02. The number of nitrogen functional groups attached to an aromatic ring is 1. The van der Waals surface area contributed by atoms with Gasteiger partial charge in [-0.25, -0.2) is 13.9 Å². The summed E-state index contributed by atoms with van der Waals surface area (Å²) in [6.45, 7) is 5.32. The molecule has 2 N–H and O–H groups in total. The van der Waals surface area contributed by atoms with Crippen LogP contribution in [0.25, 0.3) is 16.8 Å². The quantitative estimate of drug-likeness (QED) is 0.523. The summed E-state index contributed by atoms with van der Waals surface area (Å²) < 4.78 is 17.3. The zero-order chi connectivity index (χ0) is 21.8. The summed E-state index contributed by atoms with van der Waals surface area (Å²) in [6.07, 6.45) is 1.36. The molecule has 1 saturated heterocycles. The van der Waals surface area contributed by atoms with Gasteiger partial charge in [0.1, 0.15) is 23.2 Å². The monoisotopic (exact) mass is 522 g/mol. The van der Waals surface area contributed by atoms with Gasteiger partial charge in [-0.15, -0.1) is 0 Å². The molecule has 10 heteroatoms. The van der Waals surface area contributed by atoms with Gasteiger partial charge in [0.05, 0.1) is 11.4 Å². The molecule has 0 bridgehead atoms. The molecular formula is C20H20FIN6O2. The summed E-state index contributed by atoms with van der Waals surface area (Å²) in [7, 11) is 0. The van der Waals surface area contributed by atoms with Crippen LogP contribution in [0.3, 0.4) is 0 Å². The lowest BCUT2D eigenvalue weighted by atomic mass is 9.96. The lowest BCUT2D eigenvalue weighted by Crippen LogP contribution is -2.64. The van der Waals surface area contributed by atoms with E-state index in [0.717, 1.165) is 3.57 Å². The maximum absolute atomic E-state index is 14.8. The lowest BCUT2D eigenvalue weighted by molar-refractivity contribution is -0.145. The largest absolute Gasteiger partial charge is 0.382 e. The SMILES string of the molecule is CC(=O)N1CCN(c2cc(-c3cc(I)c4c(N)ncnn34)ccc2F)C(=O)C1(C)C. The summed E-state index contributed by atoms with van der Waals surface area (Å²) in [5.74, 6) is -0.681. The zero-order valence-electron chi connectivity index (χ0n) is 16.7. The Labute approximate surface area is 186 Å². The van der Waals surface area contributed by atoms with Crippen molar-refractivity contribution >= 4 is 51.4 Å². The Hall–Kier alpha value is -2.76. The number of amides is 2. The predicted molar refractivity (Wildman–Crippen MR) is 119 cm³/mol. The molecule has 30 heavy (non-hydrogen) atoms. The van der Waals surface area contributed by atoms with Crippen LogP contribution in [0.5, 0.6) is 0 Å². The molecule has 0 atom stereocenters. The van der Waals surface area contributed by atoms with E-state index in [1.165, 1.54) is 29.1 Å². The predicted octanol–water partition coefficient (Wildman–Crippen LogP) is 2.70. The van der Waals surface area contributed by atoms with Crippen LogP contribution < -0.4 is 10.6 Å². The van der Waals surface area contributed by atoms with Crippen molar-refractivity contribution < 1.29 is 14.0 Å². The fourth-order valence-electron chi connectivity index (χ4n) is 3.91. The fraction of sp³-hybridized carbons (Fsp3) is 0.300. The Kier molecular flexibility index (Phi) is 4.91. The Morgan fingerprint density at radius 2 is 2.00 bits per heavy atom. The van der Waals surface area contributed by atoms with Crippen LogP contribution in [0.15, 0.2) is 30.6 Å². The van der Waals surface area contributed by atoms with Crippen molar-refractivity contribution in [2.45, 2.75) is 26.3 Å². The highest BCUT2D eigenvalue weighted by Gasteiger charge is 2.44. The number of carbonyl (C=O) groups is 2. The molecule has 0 radical (unpaired) electrons. The Bertz CT molecular complexity index is 1190. The average molecular weight is 522 g/mol. The minimum atomic E-state index is -1.06. The topological polar surface area (TPSA) is 96.8 Å². The van der Waals surface area contributed by atoms with Crippen molar-refractivity contribution in [2.75, 3.05) is 23.7 Å². The van der Waals surface area contributed by atoms with Crippen LogP contribution in [0.1, 0.15) is 20.8 Å². The number of aromatic nitrogens is 3. The fourth-order valence-corrected chi connectivity index (χ4v) is 4.71. The van der Waals surface area contributed by atoms with Gasteiger partial charge in [0.15, 0.2) is 5.82 Å². The number of hydrogen-bond donors (Lipinski definition) is 1. The molecule has 1 aliphatic rings. The van der Waals surface area contributed by atoms with Gasteiger partial charge in [0, 0.05) is 29.1 Å². The first-order chi connectivity index (χ1) is 14.1. The van der Waals surface area contributed by atoms with Crippen molar-refractivity contribution in [3.63, 3.8) is 0 Å². The number of rotatable bonds is 2. The van der Waals surface area contributed by atoms with Crippen LogP contribution in [0.2, 0.25) is 0 Å². The highest BCUT2D eigenvalue weighted by Crippen LogP contribution is 2.34. The summed E-state index contributed by atoms with van der Waals surface area (Å²) >= 11 is 2.15. The maximum Gasteiger partial charge on any atom is 0.252 e. The summed E-state index contributed by atoms with van der Waals surface area (Å²) in [5, 5.41) is 4.27. The van der Waals surface area contributed by atoms with E-state index >= 15 is 0 Å². The first-order valence-corrected chi connectivity index (χ1v) is 10.4. The van der Waals surface area contributed by atoms with Crippen LogP contribution >= 0.6 is 22.6 Å². The van der Waals surface area contributed by atoms with Crippen LogP contribution in [0, 0.1) is 9.39 Å². The Morgan fingerprint density at radius 1 is 1.27 bits per heavy atom. The van der Waals surface area contributed by atoms with Gasteiger partial charge < -0.3 is 15.5 Å². The molecule has 1 aromatic carbocycles. The third kappa shape index (κ3) is 3.09. The summed E-state index contributed by atoms with van der Waals surface area (Å²) in [6, 6.07) is 6.48. The second kappa shape index (κ2) is 7.18. The third-order valence-electron chi connectivity index (χ3n) is 5.44. The van der Waals surface area contributed by atoms with Gasteiger partial charge in [-0.3, -0.25) is 9.59 Å². The second-order valence-electron chi connectivity index (χ2n) is 7.64. The molecule has 3 aromatic rings. The first-order valence-electron chi connectivity index (χ1n) is 9.30. The Balaban J connectivity index is 1.80. The van der Waals surface area contributed by atoms with Crippen molar-refractivity contribution in [3.8, 4) is 11.3 Å². The molecular weight excluding hydrogens is 502 g/mol. The Morgan fingerprint density at radius 3 is 2.70 bits per heavy atom. The van der Waals surface area contributed by atoms with Gasteiger partial charge in [0.2, 0.25) is 5.91 Å². The van der Waals surface area contributed by atoms with Crippen molar-refractivity contribution in [2.24, 2.45) is 0 Å². The smallest absolute Gasteiger partial charge is 0.252 e. The van der Waals surface area contributed by atoms with E-state index in [-0.39, 0.29) is 24.0 Å². The number of hydrogen-bond acceptors (Lipinski definition) is 5. The van der Waals surface area contributed by atoms with E-state index < -0.39 is 11.4 Å². The minimum Gasteiger partial charge on any atom is -0.382 e. The third-order valence-corrected chi connectivity index (χ3v) is 6.26. The zero-order valence-corrected chi connectivity index (χ0v) is 18.8. The van der Waals surface area contributed by atoms with E-state index in [2.05, 4.69) is 32.7 Å². The number of piperazine rings is 1.